The molecule has 0 aromatic carbocycles. The number of hydrogen-bond donors (Lipinski definition) is 2. The van der Waals surface area contributed by atoms with E-state index in [0.29, 0.717) is 0 Å². The van der Waals surface area contributed by atoms with Crippen molar-refractivity contribution in [3.63, 3.8) is 0 Å². The number of allylic oxidation sites excluding steroid dienone is 2. The second-order valence-electron chi connectivity index (χ2n) is 1.94. The molecular weight excluding hydrogens is 296 g/mol. The van der Waals surface area contributed by atoms with Crippen molar-refractivity contribution in [2.24, 2.45) is 0 Å². The van der Waals surface area contributed by atoms with Gasteiger partial charge in [0.2, 0.25) is 11.6 Å². The number of carbonyl (C=O) groups excluding carboxylic acids is 2. The number of ketones is 2. The van der Waals surface area contributed by atoms with Crippen LogP contribution in [0.5, 0.6) is 0 Å². The molecule has 1 rings (SSSR count). The van der Waals surface area contributed by atoms with E-state index < -0.39 is 23.1 Å². The van der Waals surface area contributed by atoms with Crippen LogP contribution in [0.15, 0.2) is 20.5 Å². The normalized spacial score (nSPS) is 20.8. The third-order valence-corrected chi connectivity index (χ3v) is 2.65. The summed E-state index contributed by atoms with van der Waals surface area (Å²) in [7, 11) is 0. The fourth-order valence-corrected chi connectivity index (χ4v) is 1.33. The van der Waals surface area contributed by atoms with Crippen molar-refractivity contribution in [1.82, 2.24) is 0 Å². The van der Waals surface area contributed by atoms with E-state index in [-0.39, 0.29) is 8.96 Å². The van der Waals surface area contributed by atoms with E-state index in [4.69, 9.17) is 2.86 Å². The summed E-state index contributed by atoms with van der Waals surface area (Å²) < 4.78 is 12.7. The van der Waals surface area contributed by atoms with Crippen LogP contribution in [0.3, 0.4) is 0 Å². The van der Waals surface area contributed by atoms with Crippen molar-refractivity contribution < 1.29 is 19.8 Å². The molecule has 0 unspecified atom stereocenters. The Bertz CT molecular complexity index is 338. The van der Waals surface area contributed by atoms with Crippen molar-refractivity contribution in [1.29, 1.82) is 2.86 Å². The fraction of sp³-hybridized carbons (Fsp3) is 0. The van der Waals surface area contributed by atoms with Crippen LogP contribution < -0.4 is 0 Å². The maximum Gasteiger partial charge on any atom is 0.293 e. The van der Waals surface area contributed by atoms with Gasteiger partial charge in [0.1, 0.15) is 8.96 Å². The predicted octanol–water partition coefficient (Wildman–Crippen LogP) is 1.47. The standard InChI is InChI=1S/C6H2Br2O4/c7-1-3(9)5(11)2(8)6(12)4(1)10/h9,12H/i/hD2. The van der Waals surface area contributed by atoms with Gasteiger partial charge in [0.15, 0.2) is 11.5 Å². The molecule has 0 spiro atoms. The second kappa shape index (κ2) is 3.02. The Balaban J connectivity index is 3.28. The smallest absolute Gasteiger partial charge is 0.293 e. The van der Waals surface area contributed by atoms with Gasteiger partial charge >= 0.3 is 0 Å². The van der Waals surface area contributed by atoms with Crippen LogP contribution >= 0.6 is 31.9 Å². The van der Waals surface area contributed by atoms with Crippen molar-refractivity contribution in [3.8, 4) is 0 Å². The third-order valence-electron chi connectivity index (χ3n) is 1.21. The first-order valence-electron chi connectivity index (χ1n) is 3.51. The summed E-state index contributed by atoms with van der Waals surface area (Å²) in [4.78, 5) is 22.7. The average molecular weight is 300 g/mol. The SMILES string of the molecule is [2H]OC1=C(Br)C(=O)C(O[2H])=C(Br)C1=O. The summed E-state index contributed by atoms with van der Waals surface area (Å²) in [5, 5.41) is 7.96. The van der Waals surface area contributed by atoms with Crippen LogP contribution in [0.1, 0.15) is 0 Å². The summed E-state index contributed by atoms with van der Waals surface area (Å²) in [6, 6.07) is 0. The summed E-state index contributed by atoms with van der Waals surface area (Å²) in [5.41, 5.74) is 0. The van der Waals surface area contributed by atoms with E-state index in [1.54, 1.807) is 0 Å². The van der Waals surface area contributed by atoms with Gasteiger partial charge in [0.05, 0.1) is 0 Å². The highest BCUT2D eigenvalue weighted by molar-refractivity contribution is 9.12. The monoisotopic (exact) mass is 298 g/mol. The summed E-state index contributed by atoms with van der Waals surface area (Å²) in [6.45, 7) is 0. The van der Waals surface area contributed by atoms with E-state index in [1.807, 2.05) is 0 Å². The molecule has 0 saturated heterocycles. The predicted molar refractivity (Wildman–Crippen MR) is 47.2 cm³/mol. The van der Waals surface area contributed by atoms with Gasteiger partial charge in [-0.25, -0.2) is 0 Å². The van der Waals surface area contributed by atoms with E-state index >= 15 is 0 Å². The lowest BCUT2D eigenvalue weighted by atomic mass is 10.1. The van der Waals surface area contributed by atoms with Crippen molar-refractivity contribution in [2.75, 3.05) is 0 Å². The molecule has 0 saturated carbocycles. The van der Waals surface area contributed by atoms with Crippen molar-refractivity contribution in [3.05, 3.63) is 20.5 Å². The van der Waals surface area contributed by atoms with Crippen LogP contribution in [0, 0.1) is 0 Å². The molecule has 2 N–H and O–H groups in total. The Morgan fingerprint density at radius 3 is 1.58 bits per heavy atom. The number of aliphatic hydroxyl groups excluding tert-OH is 2. The van der Waals surface area contributed by atoms with Gasteiger partial charge in [-0.05, 0) is 31.9 Å². The maximum atomic E-state index is 11.3. The molecule has 0 amide bonds. The van der Waals surface area contributed by atoms with Gasteiger partial charge in [-0.15, -0.1) is 0 Å². The number of hydrogen-bond acceptors (Lipinski definition) is 4. The van der Waals surface area contributed by atoms with E-state index in [1.165, 1.54) is 0 Å². The van der Waals surface area contributed by atoms with Gasteiger partial charge in [-0.1, -0.05) is 0 Å². The summed E-state index contributed by atoms with van der Waals surface area (Å²) in [6.07, 6.45) is 0. The Morgan fingerprint density at radius 2 is 1.33 bits per heavy atom. The lowest BCUT2D eigenvalue weighted by molar-refractivity contribution is -0.118. The van der Waals surface area contributed by atoms with Gasteiger partial charge in [-0.3, -0.25) is 9.59 Å². The lowest BCUT2D eigenvalue weighted by Gasteiger charge is -2.09. The molecule has 0 aromatic heterocycles. The third kappa shape index (κ3) is 1.21. The quantitative estimate of drug-likeness (QED) is 0.757. The Labute approximate surface area is 86.8 Å². The van der Waals surface area contributed by atoms with Crippen LogP contribution in [0.4, 0.5) is 0 Å². The largest absolute Gasteiger partial charge is 0.503 e. The molecule has 0 radical (unpaired) electrons. The molecule has 1 aliphatic rings. The zero-order valence-electron chi connectivity index (χ0n) is 7.39. The molecular formula is C6H2Br2O4. The molecule has 4 nitrogen and oxygen atoms in total. The molecule has 0 heterocycles. The summed E-state index contributed by atoms with van der Waals surface area (Å²) in [5.74, 6) is -2.34. The molecule has 64 valence electrons. The van der Waals surface area contributed by atoms with Crippen molar-refractivity contribution >= 4 is 43.4 Å². The second-order valence-corrected chi connectivity index (χ2v) is 3.53. The van der Waals surface area contributed by atoms with Crippen molar-refractivity contribution in [2.45, 2.75) is 0 Å². The fourth-order valence-electron chi connectivity index (χ4n) is 0.605. The number of rotatable bonds is 2. The van der Waals surface area contributed by atoms with E-state index in [0.717, 1.165) is 0 Å². The zero-order valence-corrected chi connectivity index (χ0v) is 8.56. The molecule has 0 bridgehead atoms. The number of carbonyl (C=O) groups is 2. The highest BCUT2D eigenvalue weighted by atomic mass is 79.9. The van der Waals surface area contributed by atoms with E-state index in [2.05, 4.69) is 42.1 Å². The van der Waals surface area contributed by atoms with Gasteiger partial charge in [-0.2, -0.15) is 0 Å². The molecule has 12 heavy (non-hydrogen) atoms. The molecule has 1 aliphatic carbocycles. The van der Waals surface area contributed by atoms with E-state index in [9.17, 15) is 9.59 Å². The first-order chi connectivity index (χ1) is 6.54. The maximum absolute atomic E-state index is 11.3. The first-order valence-corrected chi connectivity index (χ1v) is 4.28. The van der Waals surface area contributed by atoms with Gasteiger partial charge in [0, 0.05) is 0 Å². The molecule has 0 aliphatic heterocycles. The Hall–Kier alpha value is -0.620. The van der Waals surface area contributed by atoms with Crippen LogP contribution in [0.25, 0.3) is 2.86 Å². The zero-order chi connectivity index (χ0) is 10.9. The van der Waals surface area contributed by atoms with Crippen LogP contribution in [-0.4, -0.2) is 21.8 Å². The number of halogens is 2. The average Bonchev–Trinajstić information content (AvgIpc) is 2.17. The number of aliphatic hydroxyl groups is 2. The molecule has 0 fully saturated rings. The number of Topliss-reactive ketones (excluding diaryl/α,β-unsaturated/α-hetero) is 2. The Morgan fingerprint density at radius 1 is 1.00 bits per heavy atom. The van der Waals surface area contributed by atoms with Gasteiger partial charge < -0.3 is 10.2 Å². The minimum atomic E-state index is -0.728. The van der Waals surface area contributed by atoms with Gasteiger partial charge in [0.25, 0.3) is 2.86 Å². The minimum Gasteiger partial charge on any atom is -0.503 e. The first kappa shape index (κ1) is 6.85. The topological polar surface area (TPSA) is 74.6 Å². The lowest BCUT2D eigenvalue weighted by Crippen LogP contribution is -2.19. The molecule has 0 atom stereocenters. The minimum absolute atomic E-state index is 0.233. The highest BCUT2D eigenvalue weighted by Crippen LogP contribution is 2.28. The Kier molecular flexibility index (Phi) is 1.73. The molecule has 6 heteroatoms. The van der Waals surface area contributed by atoms with Crippen LogP contribution in [-0.2, 0) is 9.59 Å². The summed E-state index contributed by atoms with van der Waals surface area (Å²) >= 11 is 5.55. The molecule has 0 aromatic rings. The highest BCUT2D eigenvalue weighted by Gasteiger charge is 2.32. The van der Waals surface area contributed by atoms with Crippen LogP contribution in [0.2, 0.25) is 0 Å².